The fourth-order valence-electron chi connectivity index (χ4n) is 3.04. The number of methoxy groups -OCH3 is 1. The van der Waals surface area contributed by atoms with Gasteiger partial charge in [0.15, 0.2) is 0 Å². The lowest BCUT2D eigenvalue weighted by atomic mass is 9.75. The number of rotatable bonds is 5. The Morgan fingerprint density at radius 2 is 1.57 bits per heavy atom. The molecule has 1 aromatic carbocycles. The summed E-state index contributed by atoms with van der Waals surface area (Å²) in [5.41, 5.74) is -0.174. The molecule has 0 amide bonds. The molecule has 0 radical (unpaired) electrons. The molecule has 2 rings (SSSR count). The third-order valence-corrected chi connectivity index (χ3v) is 4.46. The summed E-state index contributed by atoms with van der Waals surface area (Å²) in [5.74, 6) is 1.67. The summed E-state index contributed by atoms with van der Waals surface area (Å²) in [4.78, 5) is 0. The predicted molar refractivity (Wildman–Crippen MR) is 83.5 cm³/mol. The van der Waals surface area contributed by atoms with Crippen molar-refractivity contribution in [3.05, 3.63) is 24.3 Å². The molecule has 0 atom stereocenters. The van der Waals surface area contributed by atoms with Gasteiger partial charge in [-0.3, -0.25) is 0 Å². The predicted octanol–water partition coefficient (Wildman–Crippen LogP) is 4.72. The lowest BCUT2D eigenvalue weighted by Crippen LogP contribution is -2.23. The van der Waals surface area contributed by atoms with Crippen molar-refractivity contribution in [2.75, 3.05) is 13.7 Å². The van der Waals surface area contributed by atoms with Gasteiger partial charge in [0.05, 0.1) is 25.2 Å². The second-order valence-electron chi connectivity index (χ2n) is 5.93. The molecule has 1 aliphatic carbocycles. The van der Waals surface area contributed by atoms with E-state index in [2.05, 4.69) is 6.07 Å². The second-order valence-corrected chi connectivity index (χ2v) is 5.93. The van der Waals surface area contributed by atoms with Gasteiger partial charge in [0.25, 0.3) is 0 Å². The van der Waals surface area contributed by atoms with Crippen molar-refractivity contribution in [2.45, 2.75) is 51.4 Å². The normalized spacial score (nSPS) is 18.1. The fraction of sp³-hybridized carbons (Fsp3) is 0.611. The summed E-state index contributed by atoms with van der Waals surface area (Å²) >= 11 is 0. The van der Waals surface area contributed by atoms with Crippen molar-refractivity contribution >= 4 is 0 Å². The van der Waals surface area contributed by atoms with Crippen LogP contribution in [0.15, 0.2) is 24.3 Å². The maximum absolute atomic E-state index is 9.60. The summed E-state index contributed by atoms with van der Waals surface area (Å²) in [6, 6.07) is 10.2. The van der Waals surface area contributed by atoms with Crippen molar-refractivity contribution in [3.8, 4) is 17.6 Å². The van der Waals surface area contributed by atoms with Crippen LogP contribution in [0.2, 0.25) is 0 Å². The number of hydrogen-bond acceptors (Lipinski definition) is 3. The van der Waals surface area contributed by atoms with Gasteiger partial charge in [-0.25, -0.2) is 0 Å². The minimum absolute atomic E-state index is 0.174. The average Bonchev–Trinajstić information content (AvgIpc) is 2.50. The average molecular weight is 287 g/mol. The molecule has 0 N–H and O–H groups in total. The van der Waals surface area contributed by atoms with Gasteiger partial charge in [-0.1, -0.05) is 32.1 Å². The zero-order valence-corrected chi connectivity index (χ0v) is 12.9. The van der Waals surface area contributed by atoms with Crippen LogP contribution in [0.1, 0.15) is 51.4 Å². The first-order valence-corrected chi connectivity index (χ1v) is 7.96. The number of benzene rings is 1. The van der Waals surface area contributed by atoms with E-state index in [-0.39, 0.29) is 5.41 Å². The minimum atomic E-state index is -0.174. The van der Waals surface area contributed by atoms with Gasteiger partial charge >= 0.3 is 0 Å². The third kappa shape index (κ3) is 4.67. The Labute approximate surface area is 127 Å². The van der Waals surface area contributed by atoms with Crippen LogP contribution in [0.5, 0.6) is 11.5 Å². The van der Waals surface area contributed by atoms with Crippen molar-refractivity contribution in [3.63, 3.8) is 0 Å². The highest BCUT2D eigenvalue weighted by Crippen LogP contribution is 2.36. The van der Waals surface area contributed by atoms with Crippen LogP contribution in [0.3, 0.4) is 0 Å². The van der Waals surface area contributed by atoms with Crippen molar-refractivity contribution in [2.24, 2.45) is 5.41 Å². The van der Waals surface area contributed by atoms with Gasteiger partial charge in [0, 0.05) is 6.42 Å². The zero-order chi connectivity index (χ0) is 15.0. The molecule has 0 saturated heterocycles. The van der Waals surface area contributed by atoms with Crippen LogP contribution in [-0.2, 0) is 0 Å². The van der Waals surface area contributed by atoms with E-state index in [1.165, 1.54) is 32.1 Å². The molecule has 0 bridgehead atoms. The number of ether oxygens (including phenoxy) is 2. The lowest BCUT2D eigenvalue weighted by molar-refractivity contribution is 0.205. The van der Waals surface area contributed by atoms with Gasteiger partial charge in [-0.15, -0.1) is 0 Å². The Bertz CT molecular complexity index is 453. The van der Waals surface area contributed by atoms with Crippen LogP contribution < -0.4 is 9.47 Å². The van der Waals surface area contributed by atoms with Gasteiger partial charge in [-0.2, -0.15) is 5.26 Å². The molecule has 1 saturated carbocycles. The first-order chi connectivity index (χ1) is 10.3. The lowest BCUT2D eigenvalue weighted by Gasteiger charge is -2.28. The van der Waals surface area contributed by atoms with Crippen LogP contribution in [0.4, 0.5) is 0 Å². The molecule has 1 aliphatic rings. The Morgan fingerprint density at radius 1 is 1.00 bits per heavy atom. The molecule has 0 heterocycles. The molecule has 1 fully saturated rings. The molecule has 0 spiro atoms. The van der Waals surface area contributed by atoms with E-state index in [1.807, 2.05) is 24.3 Å². The summed E-state index contributed by atoms with van der Waals surface area (Å²) in [7, 11) is 1.65. The van der Waals surface area contributed by atoms with Crippen LogP contribution in [-0.4, -0.2) is 13.7 Å². The number of nitriles is 1. The van der Waals surface area contributed by atoms with Crippen LogP contribution in [0, 0.1) is 16.7 Å². The Hall–Kier alpha value is -1.69. The third-order valence-electron chi connectivity index (χ3n) is 4.46. The monoisotopic (exact) mass is 287 g/mol. The first-order valence-electron chi connectivity index (χ1n) is 7.96. The summed E-state index contributed by atoms with van der Waals surface area (Å²) < 4.78 is 10.9. The number of hydrogen-bond donors (Lipinski definition) is 0. The minimum Gasteiger partial charge on any atom is -0.497 e. The van der Waals surface area contributed by atoms with E-state index in [0.29, 0.717) is 6.61 Å². The highest BCUT2D eigenvalue weighted by molar-refractivity contribution is 5.31. The van der Waals surface area contributed by atoms with Crippen molar-refractivity contribution in [1.29, 1.82) is 5.26 Å². The van der Waals surface area contributed by atoms with E-state index < -0.39 is 0 Å². The van der Waals surface area contributed by atoms with E-state index in [4.69, 9.17) is 9.47 Å². The molecular weight excluding hydrogens is 262 g/mol. The van der Waals surface area contributed by atoms with E-state index >= 15 is 0 Å². The quantitative estimate of drug-likeness (QED) is 0.787. The Morgan fingerprint density at radius 3 is 2.14 bits per heavy atom. The molecule has 0 aromatic heterocycles. The van der Waals surface area contributed by atoms with Crippen molar-refractivity contribution in [1.82, 2.24) is 0 Å². The molecule has 3 heteroatoms. The van der Waals surface area contributed by atoms with E-state index in [0.717, 1.165) is 30.8 Å². The smallest absolute Gasteiger partial charge is 0.119 e. The van der Waals surface area contributed by atoms with Gasteiger partial charge in [-0.05, 0) is 37.1 Å². The topological polar surface area (TPSA) is 42.2 Å². The Kier molecular flexibility index (Phi) is 5.92. The maximum Gasteiger partial charge on any atom is 0.119 e. The summed E-state index contributed by atoms with van der Waals surface area (Å²) in [6.45, 7) is 0.611. The fourth-order valence-corrected chi connectivity index (χ4v) is 3.04. The molecule has 114 valence electrons. The second kappa shape index (κ2) is 7.93. The van der Waals surface area contributed by atoms with Gasteiger partial charge < -0.3 is 9.47 Å². The van der Waals surface area contributed by atoms with Gasteiger partial charge in [0.2, 0.25) is 0 Å². The molecular formula is C18H25NO2. The highest BCUT2D eigenvalue weighted by atomic mass is 16.5. The van der Waals surface area contributed by atoms with Crippen molar-refractivity contribution < 1.29 is 9.47 Å². The molecule has 21 heavy (non-hydrogen) atoms. The molecule has 1 aromatic rings. The standard InChI is InChI=1S/C18H25NO2/c1-20-16-7-9-17(10-8-16)21-14-13-18(15-19)11-5-3-2-4-6-12-18/h7-10H,2-6,11-14H2,1H3. The Balaban J connectivity index is 1.85. The molecule has 0 aliphatic heterocycles. The molecule has 0 unspecified atom stereocenters. The highest BCUT2D eigenvalue weighted by Gasteiger charge is 2.30. The summed E-state index contributed by atoms with van der Waals surface area (Å²) in [5, 5.41) is 9.60. The summed E-state index contributed by atoms with van der Waals surface area (Å²) in [6.07, 6.45) is 9.09. The molecule has 3 nitrogen and oxygen atoms in total. The number of nitrogens with zero attached hydrogens (tertiary/aromatic N) is 1. The first kappa shape index (κ1) is 15.7. The van der Waals surface area contributed by atoms with Crippen LogP contribution in [0.25, 0.3) is 0 Å². The SMILES string of the molecule is COc1ccc(OCCC2(C#N)CCCCCCC2)cc1. The van der Waals surface area contributed by atoms with Crippen LogP contribution >= 0.6 is 0 Å². The largest absolute Gasteiger partial charge is 0.497 e. The van der Waals surface area contributed by atoms with Gasteiger partial charge in [0.1, 0.15) is 11.5 Å². The van der Waals surface area contributed by atoms with E-state index in [9.17, 15) is 5.26 Å². The zero-order valence-electron chi connectivity index (χ0n) is 12.9. The maximum atomic E-state index is 9.60. The van der Waals surface area contributed by atoms with E-state index in [1.54, 1.807) is 7.11 Å².